The molecule has 0 saturated heterocycles. The topological polar surface area (TPSA) is 42.9 Å². The minimum Gasteiger partial charge on any atom is -0.497 e. The van der Waals surface area contributed by atoms with E-state index in [2.05, 4.69) is 44.3 Å². The lowest BCUT2D eigenvalue weighted by atomic mass is 9.89. The molecule has 4 nitrogen and oxygen atoms in total. The predicted octanol–water partition coefficient (Wildman–Crippen LogP) is 5.70. The molecule has 3 aromatic rings. The van der Waals surface area contributed by atoms with E-state index in [0.717, 1.165) is 27.5 Å². The highest BCUT2D eigenvalue weighted by molar-refractivity contribution is 7.68. The number of anilines is 1. The number of fused-ring (bicyclic) bond motifs is 3. The molecule has 0 spiro atoms. The minimum absolute atomic E-state index is 0.135. The maximum absolute atomic E-state index is 5.51. The molecule has 1 N–H and O–H groups in total. The van der Waals surface area contributed by atoms with Crippen molar-refractivity contribution in [3.63, 3.8) is 0 Å². The van der Waals surface area contributed by atoms with E-state index in [1.807, 2.05) is 18.2 Å². The van der Waals surface area contributed by atoms with Gasteiger partial charge in [0.25, 0.3) is 0 Å². The average Bonchev–Trinajstić information content (AvgIpc) is 3.06. The summed E-state index contributed by atoms with van der Waals surface area (Å²) in [5.74, 6) is 1.50. The normalized spacial score (nSPS) is 14.9. The molecule has 140 valence electrons. The van der Waals surface area contributed by atoms with Crippen LogP contribution in [-0.2, 0) is 5.54 Å². The van der Waals surface area contributed by atoms with Crippen molar-refractivity contribution in [2.45, 2.75) is 26.3 Å². The van der Waals surface area contributed by atoms with Crippen LogP contribution in [0, 0.1) is 6.92 Å². The van der Waals surface area contributed by atoms with Gasteiger partial charge in [-0.1, -0.05) is 32.8 Å². The summed E-state index contributed by atoms with van der Waals surface area (Å²) in [6, 6.07) is 12.2. The summed E-state index contributed by atoms with van der Waals surface area (Å²) in [5, 5.41) is 3.68. The summed E-state index contributed by atoms with van der Waals surface area (Å²) >= 11 is 0. The molecule has 0 aliphatic carbocycles. The van der Waals surface area contributed by atoms with Gasteiger partial charge in [0, 0.05) is 22.9 Å². The predicted molar refractivity (Wildman–Crippen MR) is 114 cm³/mol. The number of benzene rings is 2. The fraction of sp³-hybridized carbons (Fsp3) is 0.286. The number of aryl methyl sites for hydroxylation is 1. The van der Waals surface area contributed by atoms with Crippen molar-refractivity contribution in [3.8, 4) is 22.6 Å². The molecule has 4 rings (SSSR count). The van der Waals surface area contributed by atoms with Crippen molar-refractivity contribution in [2.75, 3.05) is 19.5 Å². The van der Waals surface area contributed by atoms with E-state index in [-0.39, 0.29) is 5.54 Å². The average molecular weight is 399 g/mol. The molecule has 0 amide bonds. The maximum atomic E-state index is 5.51. The fourth-order valence-electron chi connectivity index (χ4n) is 3.36. The molecule has 2 heterocycles. The van der Waals surface area contributed by atoms with Gasteiger partial charge in [0.1, 0.15) is 21.9 Å². The first-order chi connectivity index (χ1) is 12.9. The van der Waals surface area contributed by atoms with Crippen LogP contribution in [0.25, 0.3) is 11.1 Å². The Labute approximate surface area is 166 Å². The first-order valence-electron chi connectivity index (χ1n) is 8.72. The van der Waals surface area contributed by atoms with Crippen LogP contribution >= 0.6 is 20.7 Å². The molecule has 0 saturated carbocycles. The van der Waals surface area contributed by atoms with Gasteiger partial charge < -0.3 is 14.8 Å². The molecule has 0 unspecified atom stereocenters. The molecule has 0 atom stereocenters. The quantitative estimate of drug-likeness (QED) is 0.576. The van der Waals surface area contributed by atoms with Crippen LogP contribution in [0.4, 0.5) is 11.4 Å². The summed E-state index contributed by atoms with van der Waals surface area (Å²) in [6.07, 6.45) is 0. The standard InChI is InChI=1S/C21H22N2O2S2/c1-12-6-8-14-15(10-12)23-21(2,3)19-18(14)20(27-26-19)22-16-11-13(24-4)7-9-17(16)25-5/h6-11,23H,1-5H3. The lowest BCUT2D eigenvalue weighted by Gasteiger charge is -2.33. The third kappa shape index (κ3) is 3.13. The third-order valence-electron chi connectivity index (χ3n) is 4.71. The Morgan fingerprint density at radius 2 is 1.81 bits per heavy atom. The Morgan fingerprint density at radius 1 is 1.00 bits per heavy atom. The number of nitrogens with zero attached hydrogens (tertiary/aromatic N) is 1. The molecule has 1 aliphatic rings. The van der Waals surface area contributed by atoms with Gasteiger partial charge in [0.15, 0.2) is 0 Å². The summed E-state index contributed by atoms with van der Waals surface area (Å²) < 4.78 is 11.9. The summed E-state index contributed by atoms with van der Waals surface area (Å²) in [6.45, 7) is 6.56. The van der Waals surface area contributed by atoms with E-state index in [0.29, 0.717) is 0 Å². The van der Waals surface area contributed by atoms with Crippen molar-refractivity contribution < 1.29 is 9.47 Å². The van der Waals surface area contributed by atoms with Crippen molar-refractivity contribution in [1.82, 2.24) is 0 Å². The van der Waals surface area contributed by atoms with Gasteiger partial charge in [-0.05, 0) is 44.5 Å². The van der Waals surface area contributed by atoms with E-state index < -0.39 is 0 Å². The number of rotatable bonds is 3. The number of ether oxygens (including phenoxy) is 2. The largest absolute Gasteiger partial charge is 0.497 e. The Balaban J connectivity index is 1.98. The van der Waals surface area contributed by atoms with Gasteiger partial charge in [-0.3, -0.25) is 0 Å². The Morgan fingerprint density at radius 3 is 2.56 bits per heavy atom. The van der Waals surface area contributed by atoms with Crippen molar-refractivity contribution in [1.29, 1.82) is 0 Å². The zero-order chi connectivity index (χ0) is 19.2. The van der Waals surface area contributed by atoms with Crippen molar-refractivity contribution in [2.24, 2.45) is 4.99 Å². The summed E-state index contributed by atoms with van der Waals surface area (Å²) in [5.41, 5.74) is 5.46. The van der Waals surface area contributed by atoms with E-state index in [9.17, 15) is 0 Å². The van der Waals surface area contributed by atoms with Crippen LogP contribution in [0.5, 0.6) is 11.5 Å². The number of hydrogen-bond donors (Lipinski definition) is 1. The lowest BCUT2D eigenvalue weighted by molar-refractivity contribution is 0.404. The molecule has 2 aromatic carbocycles. The Hall–Kier alpha value is -2.31. The van der Waals surface area contributed by atoms with E-state index in [1.54, 1.807) is 34.9 Å². The summed E-state index contributed by atoms with van der Waals surface area (Å²) in [7, 11) is 6.81. The smallest absolute Gasteiger partial charge is 0.144 e. The van der Waals surface area contributed by atoms with E-state index in [1.165, 1.54) is 21.6 Å². The van der Waals surface area contributed by atoms with Crippen LogP contribution in [0.3, 0.4) is 0 Å². The molecule has 0 radical (unpaired) electrons. The molecule has 0 fully saturated rings. The molecular weight excluding hydrogens is 376 g/mol. The second-order valence-corrected chi connectivity index (χ2v) is 9.25. The highest BCUT2D eigenvalue weighted by atomic mass is 32.9. The minimum atomic E-state index is -0.135. The number of methoxy groups -OCH3 is 2. The van der Waals surface area contributed by atoms with Crippen LogP contribution in [-0.4, -0.2) is 14.2 Å². The fourth-order valence-corrected chi connectivity index (χ4v) is 6.29. The van der Waals surface area contributed by atoms with Crippen LogP contribution in [0.15, 0.2) is 41.4 Å². The first kappa shape index (κ1) is 18.1. The SMILES string of the molecule is COc1ccc(OC)c(N=c2ssc3c2-c2ccc(C)cc2NC3(C)C)c1. The van der Waals surface area contributed by atoms with Gasteiger partial charge in [0.05, 0.1) is 24.6 Å². The summed E-state index contributed by atoms with van der Waals surface area (Å²) in [4.78, 5) is 6.29. The molecule has 27 heavy (non-hydrogen) atoms. The Kier molecular flexibility index (Phi) is 4.48. The van der Waals surface area contributed by atoms with Crippen LogP contribution < -0.4 is 19.5 Å². The Bertz CT molecular complexity index is 1080. The number of nitrogens with one attached hydrogen (secondary N) is 1. The number of hydrogen-bond acceptors (Lipinski definition) is 6. The monoisotopic (exact) mass is 398 g/mol. The third-order valence-corrected chi connectivity index (χ3v) is 7.35. The second kappa shape index (κ2) is 6.69. The molecule has 0 bridgehead atoms. The van der Waals surface area contributed by atoms with E-state index >= 15 is 0 Å². The van der Waals surface area contributed by atoms with Crippen LogP contribution in [0.1, 0.15) is 24.3 Å². The zero-order valence-corrected chi connectivity index (χ0v) is 17.7. The van der Waals surface area contributed by atoms with Gasteiger partial charge in [-0.2, -0.15) is 0 Å². The maximum Gasteiger partial charge on any atom is 0.144 e. The second-order valence-electron chi connectivity index (χ2n) is 7.12. The highest BCUT2D eigenvalue weighted by Gasteiger charge is 2.33. The van der Waals surface area contributed by atoms with Gasteiger partial charge >= 0.3 is 0 Å². The lowest BCUT2D eigenvalue weighted by Crippen LogP contribution is -2.31. The van der Waals surface area contributed by atoms with E-state index in [4.69, 9.17) is 14.5 Å². The van der Waals surface area contributed by atoms with Crippen molar-refractivity contribution >= 4 is 32.1 Å². The van der Waals surface area contributed by atoms with Crippen molar-refractivity contribution in [3.05, 3.63) is 51.5 Å². The van der Waals surface area contributed by atoms with Gasteiger partial charge in [0.2, 0.25) is 0 Å². The zero-order valence-electron chi connectivity index (χ0n) is 16.0. The van der Waals surface area contributed by atoms with Crippen LogP contribution in [0.2, 0.25) is 0 Å². The highest BCUT2D eigenvalue weighted by Crippen LogP contribution is 2.45. The molecule has 1 aliphatic heterocycles. The van der Waals surface area contributed by atoms with Gasteiger partial charge in [-0.15, -0.1) is 0 Å². The molecular formula is C21H22N2O2S2. The first-order valence-corrected chi connectivity index (χ1v) is 10.9. The molecule has 1 aromatic heterocycles. The molecule has 6 heteroatoms. The van der Waals surface area contributed by atoms with Gasteiger partial charge in [-0.25, -0.2) is 4.99 Å².